The summed E-state index contributed by atoms with van der Waals surface area (Å²) in [5.74, 6) is -0.445. The Morgan fingerprint density at radius 3 is 2.88 bits per heavy atom. The molecule has 5 nitrogen and oxygen atoms in total. The topological polar surface area (TPSA) is 76.0 Å². The second-order valence-corrected chi connectivity index (χ2v) is 4.88. The van der Waals surface area contributed by atoms with Crippen molar-refractivity contribution >= 4 is 5.97 Å². The lowest BCUT2D eigenvalue weighted by molar-refractivity contribution is -0.165. The summed E-state index contributed by atoms with van der Waals surface area (Å²) < 4.78 is 10.6. The summed E-state index contributed by atoms with van der Waals surface area (Å²) in [7, 11) is 0. The summed E-state index contributed by atoms with van der Waals surface area (Å²) in [6, 6.07) is 0. The zero-order valence-electron chi connectivity index (χ0n) is 8.92. The van der Waals surface area contributed by atoms with E-state index in [9.17, 15) is 15.0 Å². The molecule has 0 aromatic carbocycles. The van der Waals surface area contributed by atoms with Gasteiger partial charge in [0.25, 0.3) is 0 Å². The summed E-state index contributed by atoms with van der Waals surface area (Å²) >= 11 is 0. The van der Waals surface area contributed by atoms with Gasteiger partial charge in [0, 0.05) is 12.3 Å². The van der Waals surface area contributed by atoms with Crippen LogP contribution in [0.3, 0.4) is 0 Å². The van der Waals surface area contributed by atoms with Gasteiger partial charge in [-0.15, -0.1) is 0 Å². The molecule has 2 saturated heterocycles. The van der Waals surface area contributed by atoms with Gasteiger partial charge in [0.15, 0.2) is 0 Å². The minimum atomic E-state index is -1.15. The number of fused-ring (bicyclic) bond motifs is 1. The van der Waals surface area contributed by atoms with Crippen molar-refractivity contribution in [3.8, 4) is 0 Å². The molecule has 2 aliphatic heterocycles. The largest absolute Gasteiger partial charge is 0.428 e. The average molecular weight is 226 g/mol. The van der Waals surface area contributed by atoms with Gasteiger partial charge < -0.3 is 19.7 Å². The molecule has 0 radical (unpaired) electrons. The van der Waals surface area contributed by atoms with Crippen LogP contribution in [0.5, 0.6) is 0 Å². The van der Waals surface area contributed by atoms with E-state index in [0.29, 0.717) is 6.42 Å². The molecule has 0 aromatic rings. The van der Waals surface area contributed by atoms with Crippen molar-refractivity contribution in [1.29, 1.82) is 0 Å². The molecule has 0 aromatic heterocycles. The van der Waals surface area contributed by atoms with E-state index >= 15 is 0 Å². The Bertz CT molecular complexity index is 379. The van der Waals surface area contributed by atoms with E-state index in [0.717, 1.165) is 0 Å². The fourth-order valence-corrected chi connectivity index (χ4v) is 3.34. The van der Waals surface area contributed by atoms with Crippen molar-refractivity contribution in [2.24, 2.45) is 11.3 Å². The van der Waals surface area contributed by atoms with Gasteiger partial charge in [0.2, 0.25) is 0 Å². The van der Waals surface area contributed by atoms with Crippen LogP contribution in [-0.4, -0.2) is 40.6 Å². The van der Waals surface area contributed by atoms with Gasteiger partial charge in [0.1, 0.15) is 17.3 Å². The van der Waals surface area contributed by atoms with Crippen LogP contribution in [-0.2, 0) is 14.3 Å². The van der Waals surface area contributed by atoms with Gasteiger partial charge in [-0.1, -0.05) is 13.5 Å². The lowest BCUT2D eigenvalue weighted by atomic mass is 9.63. The highest BCUT2D eigenvalue weighted by Crippen LogP contribution is 2.58. The summed E-state index contributed by atoms with van der Waals surface area (Å²) in [6.07, 6.45) is -2.57. The number of esters is 1. The summed E-state index contributed by atoms with van der Waals surface area (Å²) in [5.41, 5.74) is -1.15. The first kappa shape index (κ1) is 10.3. The maximum absolute atomic E-state index is 11.9. The molecule has 6 unspecified atom stereocenters. The monoisotopic (exact) mass is 226 g/mol. The molecular weight excluding hydrogens is 212 g/mol. The molecular formula is C11H14O5. The third-order valence-electron chi connectivity index (χ3n) is 4.25. The standard InChI is InChI=1S/C11H14O5/c1-4-7-3-6(12)8(13)11(4)9(16-7)5(2)15-10(11)14/h4,6-9,12-13H,2-3H2,1H3. The van der Waals surface area contributed by atoms with Crippen LogP contribution in [0.2, 0.25) is 0 Å². The third kappa shape index (κ3) is 0.863. The normalized spacial score (nSPS) is 55.1. The average Bonchev–Trinajstić information content (AvgIpc) is 2.58. The highest BCUT2D eigenvalue weighted by atomic mass is 16.6. The van der Waals surface area contributed by atoms with Crippen LogP contribution in [0.4, 0.5) is 0 Å². The van der Waals surface area contributed by atoms with E-state index < -0.39 is 29.7 Å². The number of rotatable bonds is 0. The maximum Gasteiger partial charge on any atom is 0.323 e. The van der Waals surface area contributed by atoms with Gasteiger partial charge >= 0.3 is 5.97 Å². The molecule has 6 atom stereocenters. The van der Waals surface area contributed by atoms with Crippen molar-refractivity contribution in [2.75, 3.05) is 0 Å². The molecule has 2 heterocycles. The Morgan fingerprint density at radius 2 is 2.19 bits per heavy atom. The molecule has 16 heavy (non-hydrogen) atoms. The van der Waals surface area contributed by atoms with Crippen LogP contribution >= 0.6 is 0 Å². The van der Waals surface area contributed by atoms with Crippen LogP contribution in [0.15, 0.2) is 12.3 Å². The van der Waals surface area contributed by atoms with Gasteiger partial charge in [-0.2, -0.15) is 0 Å². The highest BCUT2D eigenvalue weighted by molar-refractivity contribution is 5.84. The van der Waals surface area contributed by atoms with Crippen molar-refractivity contribution in [1.82, 2.24) is 0 Å². The molecule has 3 fully saturated rings. The molecule has 2 N–H and O–H groups in total. The molecule has 0 amide bonds. The van der Waals surface area contributed by atoms with E-state index in [-0.39, 0.29) is 17.8 Å². The molecule has 2 bridgehead atoms. The molecule has 1 aliphatic carbocycles. The Kier molecular flexibility index (Phi) is 1.83. The number of hydrogen-bond acceptors (Lipinski definition) is 5. The summed E-state index contributed by atoms with van der Waals surface area (Å²) in [4.78, 5) is 11.9. The number of carbonyl (C=O) groups excluding carboxylic acids is 1. The maximum atomic E-state index is 11.9. The fourth-order valence-electron chi connectivity index (χ4n) is 3.34. The predicted octanol–water partition coefficient (Wildman–Crippen LogP) is -0.428. The van der Waals surface area contributed by atoms with Gasteiger partial charge in [-0.05, 0) is 0 Å². The Balaban J connectivity index is 2.15. The fraction of sp³-hybridized carbons (Fsp3) is 0.727. The van der Waals surface area contributed by atoms with Crippen molar-refractivity contribution < 1.29 is 24.5 Å². The summed E-state index contributed by atoms with van der Waals surface area (Å²) in [6.45, 7) is 5.48. The number of cyclic esters (lactones) is 1. The zero-order valence-corrected chi connectivity index (χ0v) is 8.92. The van der Waals surface area contributed by atoms with Crippen molar-refractivity contribution in [2.45, 2.75) is 37.8 Å². The van der Waals surface area contributed by atoms with Crippen LogP contribution < -0.4 is 0 Å². The number of ether oxygens (including phenoxy) is 2. The minimum absolute atomic E-state index is 0.164. The second kappa shape index (κ2) is 2.85. The van der Waals surface area contributed by atoms with E-state index in [1.54, 1.807) is 0 Å². The lowest BCUT2D eigenvalue weighted by Gasteiger charge is -2.39. The van der Waals surface area contributed by atoms with Gasteiger partial charge in [-0.25, -0.2) is 0 Å². The van der Waals surface area contributed by atoms with Crippen LogP contribution in [0, 0.1) is 11.3 Å². The third-order valence-corrected chi connectivity index (χ3v) is 4.25. The number of carbonyl (C=O) groups is 1. The van der Waals surface area contributed by atoms with Gasteiger partial charge in [0.05, 0.1) is 18.3 Å². The molecule has 3 rings (SSSR count). The van der Waals surface area contributed by atoms with Crippen molar-refractivity contribution in [3.05, 3.63) is 12.3 Å². The first-order chi connectivity index (χ1) is 7.49. The number of aliphatic hydroxyl groups excluding tert-OH is 2. The molecule has 3 aliphatic rings. The van der Waals surface area contributed by atoms with Crippen molar-refractivity contribution in [3.63, 3.8) is 0 Å². The Morgan fingerprint density at radius 1 is 1.50 bits per heavy atom. The predicted molar refractivity (Wildman–Crippen MR) is 52.1 cm³/mol. The lowest BCUT2D eigenvalue weighted by Crippen LogP contribution is -2.57. The molecule has 5 heteroatoms. The quantitative estimate of drug-likeness (QED) is 0.548. The number of aliphatic hydroxyl groups is 2. The minimum Gasteiger partial charge on any atom is -0.428 e. The van der Waals surface area contributed by atoms with E-state index in [4.69, 9.17) is 9.47 Å². The second-order valence-electron chi connectivity index (χ2n) is 4.88. The van der Waals surface area contributed by atoms with Crippen LogP contribution in [0.25, 0.3) is 0 Å². The molecule has 1 saturated carbocycles. The van der Waals surface area contributed by atoms with Crippen LogP contribution in [0.1, 0.15) is 13.3 Å². The highest BCUT2D eigenvalue weighted by Gasteiger charge is 2.72. The smallest absolute Gasteiger partial charge is 0.323 e. The molecule has 88 valence electrons. The van der Waals surface area contributed by atoms with E-state index in [1.165, 1.54) is 0 Å². The first-order valence-corrected chi connectivity index (χ1v) is 5.42. The zero-order chi connectivity index (χ0) is 11.7. The molecule has 1 spiro atoms. The van der Waals surface area contributed by atoms with Gasteiger partial charge in [-0.3, -0.25) is 4.79 Å². The Labute approximate surface area is 92.7 Å². The Hall–Kier alpha value is -0.910. The van der Waals surface area contributed by atoms with E-state index in [1.807, 2.05) is 6.92 Å². The SMILES string of the molecule is C=C1OC(=O)C23C1OC(CC(O)C2O)C3C. The summed E-state index contributed by atoms with van der Waals surface area (Å²) in [5, 5.41) is 19.9. The number of hydrogen-bond donors (Lipinski definition) is 2. The van der Waals surface area contributed by atoms with E-state index in [2.05, 4.69) is 6.58 Å². The first-order valence-electron chi connectivity index (χ1n) is 5.42.